The second-order valence-corrected chi connectivity index (χ2v) is 5.96. The molecule has 7 nitrogen and oxygen atoms in total. The van der Waals surface area contributed by atoms with E-state index in [1.54, 1.807) is 25.8 Å². The molecule has 0 saturated heterocycles. The smallest absolute Gasteiger partial charge is 0.223 e. The van der Waals surface area contributed by atoms with Crippen molar-refractivity contribution in [1.29, 1.82) is 0 Å². The van der Waals surface area contributed by atoms with Crippen molar-refractivity contribution in [3.05, 3.63) is 66.8 Å². The lowest BCUT2D eigenvalue weighted by Crippen LogP contribution is -2.06. The Hall–Kier alpha value is -3.61. The Kier molecular flexibility index (Phi) is 4.57. The van der Waals surface area contributed by atoms with E-state index >= 15 is 0 Å². The van der Waals surface area contributed by atoms with Gasteiger partial charge in [0.2, 0.25) is 5.95 Å². The second kappa shape index (κ2) is 7.33. The van der Waals surface area contributed by atoms with Crippen LogP contribution in [0.2, 0.25) is 0 Å². The van der Waals surface area contributed by atoms with Crippen molar-refractivity contribution in [3.63, 3.8) is 0 Å². The molecule has 0 saturated carbocycles. The van der Waals surface area contributed by atoms with Crippen molar-refractivity contribution >= 4 is 5.95 Å². The van der Waals surface area contributed by atoms with Crippen LogP contribution in [0.5, 0.6) is 5.75 Å². The maximum atomic E-state index is 5.58. The average Bonchev–Trinajstić information content (AvgIpc) is 3.38. The molecule has 0 aliphatic heterocycles. The number of anilines is 1. The molecule has 0 unspecified atom stereocenters. The Bertz CT molecular complexity index is 1040. The van der Waals surface area contributed by atoms with Gasteiger partial charge in [-0.1, -0.05) is 18.2 Å². The minimum absolute atomic E-state index is 0.505. The summed E-state index contributed by atoms with van der Waals surface area (Å²) in [5.41, 5.74) is 2.52. The average molecular weight is 361 g/mol. The number of aryl methyl sites for hydroxylation is 1. The summed E-state index contributed by atoms with van der Waals surface area (Å²) in [5, 5.41) is 3.25. The van der Waals surface area contributed by atoms with Gasteiger partial charge in [-0.15, -0.1) is 0 Å². The molecule has 0 aliphatic carbocycles. The fraction of sp³-hybridized carbons (Fsp3) is 0.150. The number of furan rings is 1. The predicted octanol–water partition coefficient (Wildman–Crippen LogP) is 3.76. The third-order valence-electron chi connectivity index (χ3n) is 4.23. The highest BCUT2D eigenvalue weighted by Crippen LogP contribution is 2.30. The molecule has 3 aromatic heterocycles. The number of para-hydroxylation sites is 1. The zero-order chi connectivity index (χ0) is 18.6. The summed E-state index contributed by atoms with van der Waals surface area (Å²) in [4.78, 5) is 13.5. The summed E-state index contributed by atoms with van der Waals surface area (Å²) in [6.45, 7) is 0.545. The number of nitrogens with zero attached hydrogens (tertiary/aromatic N) is 4. The summed E-state index contributed by atoms with van der Waals surface area (Å²) in [6, 6.07) is 11.5. The fourth-order valence-electron chi connectivity index (χ4n) is 2.88. The fourth-order valence-corrected chi connectivity index (χ4v) is 2.88. The lowest BCUT2D eigenvalue weighted by atomic mass is 10.1. The van der Waals surface area contributed by atoms with Gasteiger partial charge in [-0.2, -0.15) is 0 Å². The highest BCUT2D eigenvalue weighted by atomic mass is 16.5. The Morgan fingerprint density at radius 2 is 2.04 bits per heavy atom. The van der Waals surface area contributed by atoms with Gasteiger partial charge in [0.15, 0.2) is 5.76 Å². The molecule has 136 valence electrons. The first-order valence-corrected chi connectivity index (χ1v) is 8.50. The summed E-state index contributed by atoms with van der Waals surface area (Å²) in [7, 11) is 3.59. The molecule has 7 heteroatoms. The van der Waals surface area contributed by atoms with Crippen molar-refractivity contribution in [2.45, 2.75) is 6.54 Å². The van der Waals surface area contributed by atoms with Gasteiger partial charge in [-0.25, -0.2) is 15.0 Å². The number of rotatable bonds is 6. The van der Waals surface area contributed by atoms with Crippen LogP contribution in [0.25, 0.3) is 22.8 Å². The molecule has 0 bridgehead atoms. The zero-order valence-electron chi connectivity index (χ0n) is 15.1. The molecule has 0 amide bonds. The minimum Gasteiger partial charge on any atom is -0.496 e. The van der Waals surface area contributed by atoms with Crippen molar-refractivity contribution in [2.75, 3.05) is 12.4 Å². The van der Waals surface area contributed by atoms with Gasteiger partial charge < -0.3 is 19.0 Å². The summed E-state index contributed by atoms with van der Waals surface area (Å²) in [6.07, 6.45) is 7.02. The topological polar surface area (TPSA) is 78.0 Å². The number of hydrogen-bond acceptors (Lipinski definition) is 6. The number of ether oxygens (including phenoxy) is 1. The van der Waals surface area contributed by atoms with E-state index in [9.17, 15) is 0 Å². The van der Waals surface area contributed by atoms with E-state index < -0.39 is 0 Å². The van der Waals surface area contributed by atoms with Crippen LogP contribution in [0.15, 0.2) is 65.7 Å². The Balaban J connectivity index is 1.67. The number of aromatic nitrogens is 4. The second-order valence-electron chi connectivity index (χ2n) is 5.96. The van der Waals surface area contributed by atoms with Crippen molar-refractivity contribution in [3.8, 4) is 28.6 Å². The lowest BCUT2D eigenvalue weighted by Gasteiger charge is -2.11. The molecule has 0 spiro atoms. The van der Waals surface area contributed by atoms with E-state index in [2.05, 4.69) is 20.3 Å². The standard InChI is InChI=1S/C20H19N5O2/c1-25-10-9-21-19(25)15-13-23-20(24-18(15)17-8-5-11-27-17)22-12-14-6-3-4-7-16(14)26-2/h3-11,13H,12H2,1-2H3,(H,22,23,24). The molecule has 0 radical (unpaired) electrons. The number of hydrogen-bond donors (Lipinski definition) is 1. The lowest BCUT2D eigenvalue weighted by molar-refractivity contribution is 0.410. The van der Waals surface area contributed by atoms with Gasteiger partial charge in [0.1, 0.15) is 17.3 Å². The number of imidazole rings is 1. The predicted molar refractivity (Wildman–Crippen MR) is 102 cm³/mol. The number of methoxy groups -OCH3 is 1. The van der Waals surface area contributed by atoms with Gasteiger partial charge in [0.25, 0.3) is 0 Å². The van der Waals surface area contributed by atoms with Crippen LogP contribution in [0.3, 0.4) is 0 Å². The molecule has 0 atom stereocenters. The van der Waals surface area contributed by atoms with Crippen molar-refractivity contribution in [2.24, 2.45) is 7.05 Å². The molecule has 1 aromatic carbocycles. The Morgan fingerprint density at radius 1 is 1.15 bits per heavy atom. The van der Waals surface area contributed by atoms with E-state index in [4.69, 9.17) is 9.15 Å². The zero-order valence-corrected chi connectivity index (χ0v) is 15.1. The van der Waals surface area contributed by atoms with E-state index in [1.165, 1.54) is 0 Å². The molecule has 1 N–H and O–H groups in total. The quantitative estimate of drug-likeness (QED) is 0.563. The largest absolute Gasteiger partial charge is 0.496 e. The molecule has 4 aromatic rings. The Morgan fingerprint density at radius 3 is 2.78 bits per heavy atom. The van der Waals surface area contributed by atoms with Gasteiger partial charge >= 0.3 is 0 Å². The van der Waals surface area contributed by atoms with Gasteiger partial charge in [0, 0.05) is 37.7 Å². The van der Waals surface area contributed by atoms with Crippen LogP contribution in [0, 0.1) is 0 Å². The SMILES string of the molecule is COc1ccccc1CNc1ncc(-c2nccn2C)c(-c2ccco2)n1. The maximum absolute atomic E-state index is 5.58. The maximum Gasteiger partial charge on any atom is 0.223 e. The van der Waals surface area contributed by atoms with Gasteiger partial charge in [0.05, 0.1) is 18.9 Å². The first-order valence-electron chi connectivity index (χ1n) is 8.50. The molecular formula is C20H19N5O2. The molecule has 4 rings (SSSR count). The van der Waals surface area contributed by atoms with Gasteiger partial charge in [-0.05, 0) is 18.2 Å². The normalized spacial score (nSPS) is 10.7. The molecule has 27 heavy (non-hydrogen) atoms. The molecule has 0 aliphatic rings. The van der Waals surface area contributed by atoms with Crippen LogP contribution in [-0.4, -0.2) is 26.6 Å². The summed E-state index contributed by atoms with van der Waals surface area (Å²) < 4.78 is 12.9. The third-order valence-corrected chi connectivity index (χ3v) is 4.23. The van der Waals surface area contributed by atoms with Crippen LogP contribution in [0.1, 0.15) is 5.56 Å². The number of nitrogens with one attached hydrogen (secondary N) is 1. The third kappa shape index (κ3) is 3.39. The minimum atomic E-state index is 0.505. The van der Waals surface area contributed by atoms with Crippen molar-refractivity contribution in [1.82, 2.24) is 19.5 Å². The van der Waals surface area contributed by atoms with E-state index in [0.717, 1.165) is 22.7 Å². The van der Waals surface area contributed by atoms with E-state index in [0.29, 0.717) is 23.9 Å². The molecule has 3 heterocycles. The Labute approximate surface area is 156 Å². The first-order chi connectivity index (χ1) is 13.3. The van der Waals surface area contributed by atoms with E-state index in [-0.39, 0.29) is 0 Å². The highest BCUT2D eigenvalue weighted by Gasteiger charge is 2.17. The monoisotopic (exact) mass is 361 g/mol. The van der Waals surface area contributed by atoms with Crippen LogP contribution in [-0.2, 0) is 13.6 Å². The van der Waals surface area contributed by atoms with Crippen LogP contribution in [0.4, 0.5) is 5.95 Å². The van der Waals surface area contributed by atoms with Crippen LogP contribution >= 0.6 is 0 Å². The van der Waals surface area contributed by atoms with E-state index in [1.807, 2.05) is 54.2 Å². The molecular weight excluding hydrogens is 342 g/mol. The summed E-state index contributed by atoms with van der Waals surface area (Å²) in [5.74, 6) is 2.76. The molecule has 0 fully saturated rings. The van der Waals surface area contributed by atoms with Crippen molar-refractivity contribution < 1.29 is 9.15 Å². The summed E-state index contributed by atoms with van der Waals surface area (Å²) >= 11 is 0. The van der Waals surface area contributed by atoms with Crippen LogP contribution < -0.4 is 10.1 Å². The first kappa shape index (κ1) is 16.8. The van der Waals surface area contributed by atoms with Gasteiger partial charge in [-0.3, -0.25) is 0 Å². The highest BCUT2D eigenvalue weighted by molar-refractivity contribution is 5.75. The number of benzene rings is 1.